The summed E-state index contributed by atoms with van der Waals surface area (Å²) in [6.45, 7) is 0. The fourth-order valence-corrected chi connectivity index (χ4v) is 4.50. The van der Waals surface area contributed by atoms with Gasteiger partial charge in [-0.25, -0.2) is 0 Å². The molecule has 158 valence electrons. The first-order chi connectivity index (χ1) is 15.7. The van der Waals surface area contributed by atoms with Crippen LogP contribution < -0.4 is 10.6 Å². The number of rotatable bonds is 7. The summed E-state index contributed by atoms with van der Waals surface area (Å²) < 4.78 is 0. The summed E-state index contributed by atoms with van der Waals surface area (Å²) in [6, 6.07) is 30.2. The number of hydrogen-bond donors (Lipinski definition) is 2. The second kappa shape index (κ2) is 10.6. The van der Waals surface area contributed by atoms with E-state index in [4.69, 9.17) is 0 Å². The summed E-state index contributed by atoms with van der Waals surface area (Å²) in [7, 11) is 0. The Hall–Kier alpha value is -3.61. The van der Waals surface area contributed by atoms with Crippen LogP contribution in [0.5, 0.6) is 0 Å². The van der Waals surface area contributed by atoms with Crippen molar-refractivity contribution in [2.75, 3.05) is 5.32 Å². The Labute approximate surface area is 195 Å². The van der Waals surface area contributed by atoms with Crippen LogP contribution in [0.1, 0.15) is 15.2 Å². The molecule has 0 bridgehead atoms. The highest BCUT2D eigenvalue weighted by atomic mass is 32.2. The number of para-hydroxylation sites is 1. The molecule has 1 heterocycles. The van der Waals surface area contributed by atoms with E-state index in [0.717, 1.165) is 14.7 Å². The van der Waals surface area contributed by atoms with E-state index in [9.17, 15) is 9.59 Å². The number of carbonyl (C=O) groups is 2. The first kappa shape index (κ1) is 21.6. The number of amides is 2. The molecule has 0 aliphatic carbocycles. The summed E-state index contributed by atoms with van der Waals surface area (Å²) in [6.07, 6.45) is 1.69. The second-order valence-corrected chi connectivity index (χ2v) is 8.85. The number of nitrogens with one attached hydrogen (secondary N) is 2. The molecule has 4 rings (SSSR count). The third kappa shape index (κ3) is 5.75. The highest BCUT2D eigenvalue weighted by molar-refractivity contribution is 7.99. The zero-order chi connectivity index (χ0) is 22.2. The first-order valence-electron chi connectivity index (χ1n) is 9.94. The Kier molecular flexibility index (Phi) is 7.17. The lowest BCUT2D eigenvalue weighted by molar-refractivity contribution is -0.113. The molecule has 32 heavy (non-hydrogen) atoms. The van der Waals surface area contributed by atoms with Crippen LogP contribution in [0.25, 0.3) is 6.08 Å². The molecular weight excluding hydrogens is 436 g/mol. The monoisotopic (exact) mass is 456 g/mol. The van der Waals surface area contributed by atoms with Crippen molar-refractivity contribution in [3.8, 4) is 0 Å². The van der Waals surface area contributed by atoms with Crippen molar-refractivity contribution in [2.24, 2.45) is 0 Å². The molecule has 0 atom stereocenters. The van der Waals surface area contributed by atoms with Crippen molar-refractivity contribution >= 4 is 46.7 Å². The maximum Gasteiger partial charge on any atom is 0.272 e. The molecular formula is C26H20N2O2S2. The van der Waals surface area contributed by atoms with Crippen molar-refractivity contribution in [1.82, 2.24) is 5.32 Å². The number of thiophene rings is 1. The van der Waals surface area contributed by atoms with E-state index in [1.165, 1.54) is 11.3 Å². The lowest BCUT2D eigenvalue weighted by Crippen LogP contribution is -2.30. The van der Waals surface area contributed by atoms with Gasteiger partial charge in [0.25, 0.3) is 11.8 Å². The molecule has 0 spiro atoms. The predicted molar refractivity (Wildman–Crippen MR) is 132 cm³/mol. The molecule has 0 aliphatic rings. The van der Waals surface area contributed by atoms with Gasteiger partial charge in [0.2, 0.25) is 0 Å². The molecule has 0 radical (unpaired) electrons. The van der Waals surface area contributed by atoms with Gasteiger partial charge in [-0.2, -0.15) is 0 Å². The molecule has 3 aromatic carbocycles. The molecule has 4 aromatic rings. The predicted octanol–water partition coefficient (Wildman–Crippen LogP) is 6.31. The third-order valence-corrected chi connectivity index (χ3v) is 6.37. The first-order valence-corrected chi connectivity index (χ1v) is 11.6. The van der Waals surface area contributed by atoms with Gasteiger partial charge in [0.1, 0.15) is 5.70 Å². The smallest absolute Gasteiger partial charge is 0.272 e. The van der Waals surface area contributed by atoms with E-state index in [1.807, 2.05) is 78.2 Å². The molecule has 0 fully saturated rings. The van der Waals surface area contributed by atoms with Gasteiger partial charge in [-0.15, -0.1) is 11.3 Å². The van der Waals surface area contributed by atoms with E-state index >= 15 is 0 Å². The summed E-state index contributed by atoms with van der Waals surface area (Å²) in [5.74, 6) is -0.723. The maximum atomic E-state index is 13.2. The SMILES string of the molecule is O=C(Nc1ccccc1Sc1ccccc1)/C(=C/c1cccs1)NC(=O)c1ccccc1. The molecule has 0 saturated heterocycles. The Bertz CT molecular complexity index is 1220. The van der Waals surface area contributed by atoms with Crippen LogP contribution in [0.15, 0.2) is 118 Å². The van der Waals surface area contributed by atoms with Crippen molar-refractivity contribution in [1.29, 1.82) is 0 Å². The fraction of sp³-hybridized carbons (Fsp3) is 0. The van der Waals surface area contributed by atoms with Crippen LogP contribution in [-0.4, -0.2) is 11.8 Å². The second-order valence-electron chi connectivity index (χ2n) is 6.76. The van der Waals surface area contributed by atoms with Crippen LogP contribution in [0.3, 0.4) is 0 Å². The number of carbonyl (C=O) groups excluding carboxylic acids is 2. The Morgan fingerprint density at radius 2 is 1.47 bits per heavy atom. The van der Waals surface area contributed by atoms with Crippen LogP contribution >= 0.6 is 23.1 Å². The maximum absolute atomic E-state index is 13.2. The number of benzene rings is 3. The normalized spacial score (nSPS) is 11.1. The van der Waals surface area contributed by atoms with E-state index in [0.29, 0.717) is 11.3 Å². The molecule has 0 unspecified atom stereocenters. The third-order valence-electron chi connectivity index (χ3n) is 4.46. The minimum absolute atomic E-state index is 0.181. The van der Waals surface area contributed by atoms with Crippen molar-refractivity contribution in [3.63, 3.8) is 0 Å². The topological polar surface area (TPSA) is 58.2 Å². The van der Waals surface area contributed by atoms with Crippen LogP contribution in [0, 0.1) is 0 Å². The van der Waals surface area contributed by atoms with Gasteiger partial charge in [-0.1, -0.05) is 66.4 Å². The van der Waals surface area contributed by atoms with Gasteiger partial charge in [0.05, 0.1) is 5.69 Å². The quantitative estimate of drug-likeness (QED) is 0.321. The minimum Gasteiger partial charge on any atom is -0.320 e. The van der Waals surface area contributed by atoms with E-state index in [2.05, 4.69) is 10.6 Å². The zero-order valence-corrected chi connectivity index (χ0v) is 18.7. The highest BCUT2D eigenvalue weighted by Gasteiger charge is 2.16. The largest absolute Gasteiger partial charge is 0.320 e. The van der Waals surface area contributed by atoms with Crippen molar-refractivity contribution in [2.45, 2.75) is 9.79 Å². The fourth-order valence-electron chi connectivity index (χ4n) is 2.92. The summed E-state index contributed by atoms with van der Waals surface area (Å²) in [4.78, 5) is 28.8. The lowest BCUT2D eigenvalue weighted by atomic mass is 10.2. The van der Waals surface area contributed by atoms with Gasteiger partial charge >= 0.3 is 0 Å². The highest BCUT2D eigenvalue weighted by Crippen LogP contribution is 2.33. The van der Waals surface area contributed by atoms with E-state index < -0.39 is 0 Å². The number of anilines is 1. The Balaban J connectivity index is 1.58. The molecule has 2 amide bonds. The molecule has 2 N–H and O–H groups in total. The molecule has 0 aliphatic heterocycles. The lowest BCUT2D eigenvalue weighted by Gasteiger charge is -2.13. The summed E-state index contributed by atoms with van der Waals surface area (Å²) in [5.41, 5.74) is 1.34. The molecule has 4 nitrogen and oxygen atoms in total. The van der Waals surface area contributed by atoms with Crippen molar-refractivity contribution in [3.05, 3.63) is 119 Å². The van der Waals surface area contributed by atoms with Crippen molar-refractivity contribution < 1.29 is 9.59 Å². The van der Waals surface area contributed by atoms with Crippen LogP contribution in [-0.2, 0) is 4.79 Å². The molecule has 0 saturated carbocycles. The van der Waals surface area contributed by atoms with Gasteiger partial charge in [-0.3, -0.25) is 9.59 Å². The van der Waals surface area contributed by atoms with E-state index in [-0.39, 0.29) is 17.5 Å². The van der Waals surface area contributed by atoms with Crippen LogP contribution in [0.2, 0.25) is 0 Å². The Morgan fingerprint density at radius 3 is 2.19 bits per heavy atom. The van der Waals surface area contributed by atoms with Gasteiger partial charge in [-0.05, 0) is 53.9 Å². The summed E-state index contributed by atoms with van der Waals surface area (Å²) in [5, 5.41) is 7.66. The van der Waals surface area contributed by atoms with E-state index in [1.54, 1.807) is 42.1 Å². The minimum atomic E-state index is -0.385. The van der Waals surface area contributed by atoms with Crippen LogP contribution in [0.4, 0.5) is 5.69 Å². The van der Waals surface area contributed by atoms with Gasteiger partial charge in [0.15, 0.2) is 0 Å². The average Bonchev–Trinajstić information content (AvgIpc) is 3.34. The Morgan fingerprint density at radius 1 is 0.781 bits per heavy atom. The standard InChI is InChI=1S/C26H20N2O2S2/c29-25(19-10-3-1-4-11-19)28-23(18-21-14-9-17-31-21)26(30)27-22-15-7-8-16-24(22)32-20-12-5-2-6-13-20/h1-18H,(H,27,30)(H,28,29)/b23-18-. The zero-order valence-electron chi connectivity index (χ0n) is 17.0. The molecule has 6 heteroatoms. The average molecular weight is 457 g/mol. The van der Waals surface area contributed by atoms with Gasteiger partial charge in [0, 0.05) is 20.2 Å². The number of hydrogen-bond acceptors (Lipinski definition) is 4. The summed E-state index contributed by atoms with van der Waals surface area (Å²) >= 11 is 3.06. The molecule has 1 aromatic heterocycles. The van der Waals surface area contributed by atoms with Gasteiger partial charge < -0.3 is 10.6 Å².